The van der Waals surface area contributed by atoms with E-state index in [0.29, 0.717) is 16.7 Å². The van der Waals surface area contributed by atoms with E-state index in [-0.39, 0.29) is 11.2 Å². The molecule has 5 heteroatoms. The molecule has 0 aliphatic heterocycles. The molecule has 2 aromatic heterocycles. The number of aromatic nitrogens is 2. The first kappa shape index (κ1) is 9.89. The van der Waals surface area contributed by atoms with Gasteiger partial charge in [0.2, 0.25) is 5.71 Å². The lowest BCUT2D eigenvalue weighted by Gasteiger charge is -2.01. The molecule has 0 fully saturated rings. The molecular formula is C12H10N2O3. The molecule has 3 aromatic rings. The fourth-order valence-corrected chi connectivity index (χ4v) is 2.04. The summed E-state index contributed by atoms with van der Waals surface area (Å²) in [6.45, 7) is 0. The van der Waals surface area contributed by atoms with Crippen LogP contribution >= 0.6 is 0 Å². The van der Waals surface area contributed by atoms with E-state index < -0.39 is 0 Å². The highest BCUT2D eigenvalue weighted by molar-refractivity contribution is 6.02. The third kappa shape index (κ3) is 1.13. The highest BCUT2D eigenvalue weighted by Crippen LogP contribution is 2.24. The Morgan fingerprint density at radius 3 is 2.53 bits per heavy atom. The zero-order valence-corrected chi connectivity index (χ0v) is 9.43. The van der Waals surface area contributed by atoms with E-state index >= 15 is 0 Å². The van der Waals surface area contributed by atoms with Gasteiger partial charge >= 0.3 is 5.69 Å². The number of furan rings is 1. The van der Waals surface area contributed by atoms with E-state index in [1.54, 1.807) is 13.1 Å². The summed E-state index contributed by atoms with van der Waals surface area (Å²) in [7, 11) is 3.05. The van der Waals surface area contributed by atoms with Crippen LogP contribution in [0, 0.1) is 0 Å². The summed E-state index contributed by atoms with van der Waals surface area (Å²) in [5.74, 6) is 0. The number of rotatable bonds is 0. The monoisotopic (exact) mass is 230 g/mol. The van der Waals surface area contributed by atoms with Crippen molar-refractivity contribution in [3.8, 4) is 0 Å². The molecule has 17 heavy (non-hydrogen) atoms. The minimum absolute atomic E-state index is 0.319. The van der Waals surface area contributed by atoms with E-state index in [9.17, 15) is 9.59 Å². The summed E-state index contributed by atoms with van der Waals surface area (Å²) in [4.78, 5) is 23.8. The van der Waals surface area contributed by atoms with E-state index in [1.165, 1.54) is 11.6 Å². The van der Waals surface area contributed by atoms with Gasteiger partial charge in [-0.05, 0) is 6.07 Å². The van der Waals surface area contributed by atoms with E-state index in [0.717, 1.165) is 9.95 Å². The van der Waals surface area contributed by atoms with Gasteiger partial charge in [-0.2, -0.15) is 0 Å². The predicted molar refractivity (Wildman–Crippen MR) is 64.2 cm³/mol. The van der Waals surface area contributed by atoms with Gasteiger partial charge in [-0.1, -0.05) is 18.2 Å². The Bertz CT molecular complexity index is 852. The first-order chi connectivity index (χ1) is 8.11. The molecule has 3 rings (SSSR count). The van der Waals surface area contributed by atoms with Gasteiger partial charge in [-0.25, -0.2) is 4.79 Å². The maximum atomic E-state index is 12.1. The lowest BCUT2D eigenvalue weighted by molar-refractivity contribution is 0.597. The highest BCUT2D eigenvalue weighted by atomic mass is 16.3. The number of nitrogens with zero attached hydrogens (tertiary/aromatic N) is 2. The van der Waals surface area contributed by atoms with Crippen LogP contribution in [0.3, 0.4) is 0 Å². The zero-order valence-electron chi connectivity index (χ0n) is 9.43. The van der Waals surface area contributed by atoms with Crippen molar-refractivity contribution in [2.75, 3.05) is 0 Å². The molecule has 0 amide bonds. The SMILES string of the molecule is Cn1c(=O)c2c3ccccc3oc2n(C)c1=O. The Balaban J connectivity index is 2.77. The lowest BCUT2D eigenvalue weighted by atomic mass is 10.2. The second-order valence-electron chi connectivity index (χ2n) is 3.98. The molecule has 0 aliphatic rings. The fraction of sp³-hybridized carbons (Fsp3) is 0.167. The third-order valence-electron chi connectivity index (χ3n) is 2.97. The summed E-state index contributed by atoms with van der Waals surface area (Å²) in [5.41, 5.74) is 0.217. The molecule has 0 bridgehead atoms. The summed E-state index contributed by atoms with van der Waals surface area (Å²) in [5, 5.41) is 1.18. The van der Waals surface area contributed by atoms with Crippen LogP contribution < -0.4 is 11.2 Å². The predicted octanol–water partition coefficient (Wildman–Crippen LogP) is 0.983. The van der Waals surface area contributed by atoms with Gasteiger partial charge < -0.3 is 4.42 Å². The van der Waals surface area contributed by atoms with Gasteiger partial charge in [0.05, 0.1) is 0 Å². The van der Waals surface area contributed by atoms with Gasteiger partial charge in [0.1, 0.15) is 11.0 Å². The number of fused-ring (bicyclic) bond motifs is 3. The van der Waals surface area contributed by atoms with Crippen molar-refractivity contribution in [2.45, 2.75) is 0 Å². The van der Waals surface area contributed by atoms with E-state index in [2.05, 4.69) is 0 Å². The van der Waals surface area contributed by atoms with Crippen LogP contribution in [-0.2, 0) is 14.1 Å². The summed E-state index contributed by atoms with van der Waals surface area (Å²) in [6, 6.07) is 7.25. The first-order valence-electron chi connectivity index (χ1n) is 5.18. The second kappa shape index (κ2) is 3.10. The average Bonchev–Trinajstić information content (AvgIpc) is 2.73. The molecule has 5 nitrogen and oxygen atoms in total. The fourth-order valence-electron chi connectivity index (χ4n) is 2.04. The van der Waals surface area contributed by atoms with Gasteiger partial charge in [0, 0.05) is 19.5 Å². The number of benzene rings is 1. The number of para-hydroxylation sites is 1. The van der Waals surface area contributed by atoms with Crippen LogP contribution in [0.15, 0.2) is 38.3 Å². The molecule has 0 unspecified atom stereocenters. The molecule has 2 heterocycles. The maximum Gasteiger partial charge on any atom is 0.333 e. The average molecular weight is 230 g/mol. The molecule has 0 saturated carbocycles. The van der Waals surface area contributed by atoms with Gasteiger partial charge in [0.15, 0.2) is 0 Å². The Kier molecular flexibility index (Phi) is 1.80. The number of hydrogen-bond acceptors (Lipinski definition) is 3. The number of hydrogen-bond donors (Lipinski definition) is 0. The molecule has 0 spiro atoms. The van der Waals surface area contributed by atoms with E-state index in [4.69, 9.17) is 4.42 Å². The van der Waals surface area contributed by atoms with Crippen LogP contribution in [0.4, 0.5) is 0 Å². The van der Waals surface area contributed by atoms with E-state index in [1.807, 2.05) is 18.2 Å². The van der Waals surface area contributed by atoms with Crippen molar-refractivity contribution in [1.82, 2.24) is 9.13 Å². The van der Waals surface area contributed by atoms with Crippen molar-refractivity contribution < 1.29 is 4.42 Å². The largest absolute Gasteiger partial charge is 0.439 e. The van der Waals surface area contributed by atoms with Crippen molar-refractivity contribution in [3.05, 3.63) is 45.1 Å². The Hall–Kier alpha value is -2.30. The van der Waals surface area contributed by atoms with Crippen molar-refractivity contribution in [3.63, 3.8) is 0 Å². The van der Waals surface area contributed by atoms with Gasteiger partial charge in [0.25, 0.3) is 5.56 Å². The van der Waals surface area contributed by atoms with Crippen LogP contribution in [0.5, 0.6) is 0 Å². The summed E-state index contributed by atoms with van der Waals surface area (Å²) in [6.07, 6.45) is 0. The lowest BCUT2D eigenvalue weighted by Crippen LogP contribution is -2.36. The van der Waals surface area contributed by atoms with Crippen LogP contribution in [-0.4, -0.2) is 9.13 Å². The molecule has 0 radical (unpaired) electrons. The molecule has 0 aliphatic carbocycles. The van der Waals surface area contributed by atoms with Crippen LogP contribution in [0.1, 0.15) is 0 Å². The first-order valence-corrected chi connectivity index (χ1v) is 5.18. The van der Waals surface area contributed by atoms with Gasteiger partial charge in [-0.15, -0.1) is 0 Å². The minimum Gasteiger partial charge on any atom is -0.439 e. The molecule has 0 N–H and O–H groups in total. The highest BCUT2D eigenvalue weighted by Gasteiger charge is 2.15. The van der Waals surface area contributed by atoms with Crippen molar-refractivity contribution in [2.24, 2.45) is 14.1 Å². The molecular weight excluding hydrogens is 220 g/mol. The summed E-state index contributed by atoms with van der Waals surface area (Å²) >= 11 is 0. The van der Waals surface area contributed by atoms with Gasteiger partial charge in [-0.3, -0.25) is 13.9 Å². The Morgan fingerprint density at radius 1 is 1.06 bits per heavy atom. The van der Waals surface area contributed by atoms with Crippen molar-refractivity contribution in [1.29, 1.82) is 0 Å². The minimum atomic E-state index is -0.387. The Morgan fingerprint density at radius 2 is 1.76 bits per heavy atom. The normalized spacial score (nSPS) is 11.4. The Labute approximate surface area is 95.5 Å². The van der Waals surface area contributed by atoms with Crippen molar-refractivity contribution >= 4 is 22.1 Å². The quantitative estimate of drug-likeness (QED) is 0.578. The zero-order chi connectivity index (χ0) is 12.2. The topological polar surface area (TPSA) is 57.1 Å². The molecule has 86 valence electrons. The maximum absolute atomic E-state index is 12.1. The molecule has 0 saturated heterocycles. The van der Waals surface area contributed by atoms with Crippen LogP contribution in [0.25, 0.3) is 22.1 Å². The van der Waals surface area contributed by atoms with Crippen LogP contribution in [0.2, 0.25) is 0 Å². The molecule has 1 aromatic carbocycles. The summed E-state index contributed by atoms with van der Waals surface area (Å²) < 4.78 is 7.98. The third-order valence-corrected chi connectivity index (χ3v) is 2.97. The number of aryl methyl sites for hydroxylation is 1. The molecule has 0 atom stereocenters. The smallest absolute Gasteiger partial charge is 0.333 e. The second-order valence-corrected chi connectivity index (χ2v) is 3.98. The standard InChI is InChI=1S/C12H10N2O3/c1-13-10(15)9-7-5-3-4-6-8(7)17-11(9)14(2)12(13)16/h3-6H,1-2H3.